The van der Waals surface area contributed by atoms with Gasteiger partial charge in [0, 0.05) is 0 Å². The monoisotopic (exact) mass is 586 g/mol. The van der Waals surface area contributed by atoms with Crippen molar-refractivity contribution in [3.63, 3.8) is 0 Å². The summed E-state index contributed by atoms with van der Waals surface area (Å²) < 4.78 is 174. The Morgan fingerprint density at radius 3 is 1.20 bits per heavy atom. The largest absolute Gasteiger partial charge is 0.460 e. The van der Waals surface area contributed by atoms with Crippen LogP contribution in [0.15, 0.2) is 0 Å². The fourth-order valence-corrected chi connectivity index (χ4v) is 1.39. The molecule has 0 N–H and O–H groups in total. The number of hydrogen-bond acceptors (Lipinski definition) is 1. The van der Waals surface area contributed by atoms with Crippen LogP contribution >= 0.6 is 38.5 Å². The van der Waals surface area contributed by atoms with Crippen LogP contribution in [0.3, 0.4) is 0 Å². The molecule has 152 valence electrons. The van der Waals surface area contributed by atoms with Gasteiger partial charge in [-0.2, -0.15) is 61.5 Å². The standard InChI is InChI=1S/C8H2BrF14IO/c9-2(10,1-24)25-8(22,23)6(17,18)4(13,14)3(11,12)5(15,16)7(19,20)21/h1H2. The summed E-state index contributed by atoms with van der Waals surface area (Å²) in [6, 6.07) is 0. The Hall–Kier alpha value is 0.190. The van der Waals surface area contributed by atoms with Gasteiger partial charge >= 0.3 is 36.0 Å². The van der Waals surface area contributed by atoms with Crippen molar-refractivity contribution in [3.8, 4) is 0 Å². The molecule has 0 aliphatic carbocycles. The maximum Gasteiger partial charge on any atom is 0.460 e. The molecule has 1 unspecified atom stereocenters. The molecule has 0 aromatic carbocycles. The Morgan fingerprint density at radius 2 is 0.920 bits per heavy atom. The lowest BCUT2D eigenvalue weighted by atomic mass is 9.97. The summed E-state index contributed by atoms with van der Waals surface area (Å²) in [5.74, 6) is -31.6. The third-order valence-corrected chi connectivity index (χ3v) is 4.81. The predicted octanol–water partition coefficient (Wildman–Crippen LogP) is 6.15. The molecule has 0 spiro atoms. The highest BCUT2D eigenvalue weighted by molar-refractivity contribution is 14.1. The van der Waals surface area contributed by atoms with Gasteiger partial charge in [0.25, 0.3) is 4.76 Å². The smallest absolute Gasteiger partial charge is 0.267 e. The van der Waals surface area contributed by atoms with Crippen molar-refractivity contribution in [1.82, 2.24) is 0 Å². The van der Waals surface area contributed by atoms with Gasteiger partial charge < -0.3 is 0 Å². The maximum atomic E-state index is 13.1. The van der Waals surface area contributed by atoms with Crippen molar-refractivity contribution < 1.29 is 66.2 Å². The molecule has 0 aromatic heterocycles. The predicted molar refractivity (Wildman–Crippen MR) is 63.5 cm³/mol. The van der Waals surface area contributed by atoms with Crippen LogP contribution in [-0.4, -0.2) is 45.2 Å². The second-order valence-electron chi connectivity index (χ2n) is 4.19. The molecule has 0 heterocycles. The van der Waals surface area contributed by atoms with Crippen LogP contribution in [0.1, 0.15) is 0 Å². The first-order valence-electron chi connectivity index (χ1n) is 5.11. The van der Waals surface area contributed by atoms with Crippen molar-refractivity contribution in [2.75, 3.05) is 4.43 Å². The van der Waals surface area contributed by atoms with Gasteiger partial charge in [-0.15, -0.1) is 0 Å². The molecule has 25 heavy (non-hydrogen) atoms. The molecule has 0 fully saturated rings. The lowest BCUT2D eigenvalue weighted by molar-refractivity contribution is -0.474. The molecule has 0 aromatic rings. The average Bonchev–Trinajstić information content (AvgIpc) is 2.35. The fraction of sp³-hybridized carbons (Fsp3) is 1.00. The Morgan fingerprint density at radius 1 is 0.600 bits per heavy atom. The normalized spacial score (nSPS) is 18.2. The summed E-state index contributed by atoms with van der Waals surface area (Å²) in [6.07, 6.45) is -14.4. The van der Waals surface area contributed by atoms with Crippen LogP contribution in [-0.2, 0) is 4.74 Å². The third kappa shape index (κ3) is 4.06. The van der Waals surface area contributed by atoms with E-state index in [4.69, 9.17) is 0 Å². The first-order chi connectivity index (χ1) is 10.5. The molecule has 17 heteroatoms. The zero-order valence-corrected chi connectivity index (χ0v) is 14.4. The van der Waals surface area contributed by atoms with E-state index in [9.17, 15) is 61.5 Å². The van der Waals surface area contributed by atoms with Crippen molar-refractivity contribution in [2.45, 2.75) is 40.7 Å². The molecule has 0 rings (SSSR count). The van der Waals surface area contributed by atoms with Gasteiger partial charge in [0.2, 0.25) is 0 Å². The van der Waals surface area contributed by atoms with Crippen molar-refractivity contribution in [3.05, 3.63) is 0 Å². The van der Waals surface area contributed by atoms with Crippen LogP contribution in [0.4, 0.5) is 61.5 Å². The lowest BCUT2D eigenvalue weighted by Crippen LogP contribution is -2.70. The second-order valence-corrected chi connectivity index (χ2v) is 6.13. The molecule has 0 aliphatic rings. The summed E-state index contributed by atoms with van der Waals surface area (Å²) >= 11 is 2.36. The summed E-state index contributed by atoms with van der Waals surface area (Å²) in [5, 5.41) is 0. The molecule has 0 saturated heterocycles. The molecule has 0 aliphatic heterocycles. The van der Waals surface area contributed by atoms with E-state index < -0.39 is 45.2 Å². The van der Waals surface area contributed by atoms with Gasteiger partial charge in [0.1, 0.15) is 0 Å². The van der Waals surface area contributed by atoms with E-state index in [1.54, 1.807) is 0 Å². The topological polar surface area (TPSA) is 9.23 Å². The highest BCUT2D eigenvalue weighted by atomic mass is 127. The second kappa shape index (κ2) is 6.66. The van der Waals surface area contributed by atoms with E-state index in [0.717, 1.165) is 22.6 Å². The Bertz CT molecular complexity index is 486. The van der Waals surface area contributed by atoms with Gasteiger partial charge in [-0.3, -0.25) is 4.74 Å². The van der Waals surface area contributed by atoms with Crippen molar-refractivity contribution in [1.29, 1.82) is 0 Å². The summed E-state index contributed by atoms with van der Waals surface area (Å²) in [6.45, 7) is 0. The van der Waals surface area contributed by atoms with E-state index in [0.29, 0.717) is 0 Å². The zero-order chi connectivity index (χ0) is 20.9. The number of ether oxygens (including phenoxy) is 1. The van der Waals surface area contributed by atoms with Crippen molar-refractivity contribution >= 4 is 38.5 Å². The highest BCUT2D eigenvalue weighted by Crippen LogP contribution is 2.60. The van der Waals surface area contributed by atoms with E-state index in [2.05, 4.69) is 4.74 Å². The first-order valence-corrected chi connectivity index (χ1v) is 7.43. The Labute approximate surface area is 150 Å². The molecule has 0 saturated carbocycles. The van der Waals surface area contributed by atoms with E-state index >= 15 is 0 Å². The van der Waals surface area contributed by atoms with E-state index in [-0.39, 0.29) is 0 Å². The van der Waals surface area contributed by atoms with E-state index in [1.807, 2.05) is 0 Å². The van der Waals surface area contributed by atoms with Crippen LogP contribution < -0.4 is 0 Å². The molecule has 0 amide bonds. The lowest BCUT2D eigenvalue weighted by Gasteiger charge is -2.40. The van der Waals surface area contributed by atoms with Gasteiger partial charge in [-0.05, 0) is 15.9 Å². The Balaban J connectivity index is 6.21. The third-order valence-electron chi connectivity index (χ3n) is 2.34. The van der Waals surface area contributed by atoms with E-state index in [1.165, 1.54) is 15.9 Å². The SMILES string of the molecule is FC(Br)(CI)OC(F)(F)C(F)(F)C(F)(F)C(F)(F)C(F)(F)C(F)(F)F. The van der Waals surface area contributed by atoms with Crippen LogP contribution in [0.25, 0.3) is 0 Å². The first kappa shape index (κ1) is 25.2. The highest BCUT2D eigenvalue weighted by Gasteiger charge is 2.91. The van der Waals surface area contributed by atoms with Crippen LogP contribution in [0.5, 0.6) is 0 Å². The minimum absolute atomic E-state index is 0.829. The van der Waals surface area contributed by atoms with Gasteiger partial charge in [-0.1, -0.05) is 22.6 Å². The summed E-state index contributed by atoms with van der Waals surface area (Å²) in [4.78, 5) is 0. The number of halogens is 16. The Kier molecular flexibility index (Phi) is 6.71. The summed E-state index contributed by atoms with van der Waals surface area (Å²) in [5.41, 5.74) is 0. The van der Waals surface area contributed by atoms with Gasteiger partial charge in [0.05, 0.1) is 4.43 Å². The zero-order valence-electron chi connectivity index (χ0n) is 10.7. The molecule has 0 bridgehead atoms. The number of alkyl halides is 16. The quantitative estimate of drug-likeness (QED) is 0.198. The number of rotatable bonds is 7. The molecule has 1 atom stereocenters. The van der Waals surface area contributed by atoms with Crippen molar-refractivity contribution in [2.24, 2.45) is 0 Å². The number of hydrogen-bond donors (Lipinski definition) is 0. The molecular formula is C8H2BrF14IO. The minimum atomic E-state index is -8.05. The van der Waals surface area contributed by atoms with Crippen LogP contribution in [0, 0.1) is 0 Å². The van der Waals surface area contributed by atoms with Gasteiger partial charge in [-0.25, -0.2) is 0 Å². The maximum absolute atomic E-state index is 13.1. The summed E-state index contributed by atoms with van der Waals surface area (Å²) in [7, 11) is 0. The molecule has 0 radical (unpaired) electrons. The average molecular weight is 587 g/mol. The van der Waals surface area contributed by atoms with Crippen LogP contribution in [0.2, 0.25) is 0 Å². The van der Waals surface area contributed by atoms with Gasteiger partial charge in [0.15, 0.2) is 0 Å². The molecule has 1 nitrogen and oxygen atoms in total. The minimum Gasteiger partial charge on any atom is -0.267 e. The molecular weight excluding hydrogens is 585 g/mol. The fourth-order valence-electron chi connectivity index (χ4n) is 1.03.